The molecule has 0 radical (unpaired) electrons. The van der Waals surface area contributed by atoms with Crippen molar-refractivity contribution in [3.8, 4) is 0 Å². The van der Waals surface area contributed by atoms with Gasteiger partial charge >= 0.3 is 0 Å². The van der Waals surface area contributed by atoms with E-state index in [1.807, 2.05) is 35.2 Å². The molecule has 0 aliphatic carbocycles. The lowest BCUT2D eigenvalue weighted by Crippen LogP contribution is -2.43. The van der Waals surface area contributed by atoms with Gasteiger partial charge in [0.2, 0.25) is 0 Å². The highest BCUT2D eigenvalue weighted by atomic mass is 35.5. The highest BCUT2D eigenvalue weighted by molar-refractivity contribution is 6.36. The number of hydrogen-bond donors (Lipinski definition) is 0. The van der Waals surface area contributed by atoms with Gasteiger partial charge < -0.3 is 9.64 Å². The number of likely N-dealkylation sites (tertiary alicyclic amines) is 1. The van der Waals surface area contributed by atoms with Crippen LogP contribution < -0.4 is 0 Å². The van der Waals surface area contributed by atoms with Gasteiger partial charge in [-0.3, -0.25) is 4.79 Å². The van der Waals surface area contributed by atoms with Crippen LogP contribution in [0.3, 0.4) is 0 Å². The van der Waals surface area contributed by atoms with E-state index in [-0.39, 0.29) is 12.0 Å². The van der Waals surface area contributed by atoms with Gasteiger partial charge in [-0.1, -0.05) is 53.5 Å². The summed E-state index contributed by atoms with van der Waals surface area (Å²) in [5, 5.41) is 0.916. The van der Waals surface area contributed by atoms with Crippen molar-refractivity contribution >= 4 is 29.1 Å². The van der Waals surface area contributed by atoms with Crippen LogP contribution in [0.1, 0.15) is 28.8 Å². The van der Waals surface area contributed by atoms with Crippen molar-refractivity contribution in [2.24, 2.45) is 0 Å². The molecule has 5 heteroatoms. The van der Waals surface area contributed by atoms with E-state index in [4.69, 9.17) is 27.9 Å². The molecule has 1 heterocycles. The quantitative estimate of drug-likeness (QED) is 0.779. The molecule has 126 valence electrons. The minimum Gasteiger partial charge on any atom is -0.372 e. The number of carbonyl (C=O) groups excluding carboxylic acids is 1. The second-order valence-corrected chi connectivity index (χ2v) is 6.78. The molecular weight excluding hydrogens is 345 g/mol. The maximum atomic E-state index is 12.7. The number of halogens is 2. The second kappa shape index (κ2) is 8.02. The number of rotatable bonds is 4. The molecule has 0 spiro atoms. The average molecular weight is 364 g/mol. The summed E-state index contributed by atoms with van der Waals surface area (Å²) in [6, 6.07) is 15.0. The van der Waals surface area contributed by atoms with Crippen molar-refractivity contribution in [3.05, 3.63) is 69.7 Å². The summed E-state index contributed by atoms with van der Waals surface area (Å²) in [4.78, 5) is 14.5. The van der Waals surface area contributed by atoms with E-state index in [2.05, 4.69) is 0 Å². The minimum atomic E-state index is -0.0651. The van der Waals surface area contributed by atoms with Gasteiger partial charge in [-0.15, -0.1) is 0 Å². The van der Waals surface area contributed by atoms with Crippen LogP contribution in [0, 0.1) is 0 Å². The topological polar surface area (TPSA) is 29.5 Å². The van der Waals surface area contributed by atoms with Crippen LogP contribution in [0.5, 0.6) is 0 Å². The fourth-order valence-electron chi connectivity index (χ4n) is 2.88. The first-order valence-corrected chi connectivity index (χ1v) is 8.79. The molecule has 1 fully saturated rings. The van der Waals surface area contributed by atoms with Gasteiger partial charge in [0.05, 0.1) is 23.3 Å². The molecule has 1 atom stereocenters. The molecule has 1 unspecified atom stereocenters. The predicted molar refractivity (Wildman–Crippen MR) is 96.6 cm³/mol. The third-order valence-electron chi connectivity index (χ3n) is 4.16. The highest BCUT2D eigenvalue weighted by Gasteiger charge is 2.26. The van der Waals surface area contributed by atoms with Crippen LogP contribution in [0.25, 0.3) is 0 Å². The van der Waals surface area contributed by atoms with Gasteiger partial charge in [-0.05, 0) is 36.6 Å². The van der Waals surface area contributed by atoms with Crippen LogP contribution in [0.4, 0.5) is 0 Å². The van der Waals surface area contributed by atoms with Crippen LogP contribution in [-0.2, 0) is 11.3 Å². The summed E-state index contributed by atoms with van der Waals surface area (Å²) >= 11 is 12.1. The Morgan fingerprint density at radius 1 is 1.17 bits per heavy atom. The molecule has 3 rings (SSSR count). The molecule has 0 saturated carbocycles. The number of benzene rings is 2. The van der Waals surface area contributed by atoms with E-state index in [0.717, 1.165) is 24.9 Å². The van der Waals surface area contributed by atoms with Crippen molar-refractivity contribution in [2.75, 3.05) is 13.1 Å². The Labute approximate surface area is 152 Å². The molecule has 1 aliphatic heterocycles. The SMILES string of the molecule is O=C(c1ccc(Cl)cc1Cl)N1CCCC(OCc2ccccc2)C1. The lowest BCUT2D eigenvalue weighted by atomic mass is 10.1. The zero-order valence-corrected chi connectivity index (χ0v) is 14.8. The smallest absolute Gasteiger partial charge is 0.255 e. The highest BCUT2D eigenvalue weighted by Crippen LogP contribution is 2.24. The summed E-state index contributed by atoms with van der Waals surface area (Å²) in [6.07, 6.45) is 1.94. The zero-order valence-electron chi connectivity index (χ0n) is 13.3. The predicted octanol–water partition coefficient (Wildman–Crippen LogP) is 4.81. The van der Waals surface area contributed by atoms with E-state index < -0.39 is 0 Å². The van der Waals surface area contributed by atoms with Crippen LogP contribution in [0.2, 0.25) is 10.0 Å². The van der Waals surface area contributed by atoms with Gasteiger partial charge in [-0.2, -0.15) is 0 Å². The maximum absolute atomic E-state index is 12.7. The van der Waals surface area contributed by atoms with Crippen LogP contribution in [0.15, 0.2) is 48.5 Å². The first-order chi connectivity index (χ1) is 11.6. The molecule has 1 amide bonds. The van der Waals surface area contributed by atoms with E-state index in [1.54, 1.807) is 18.2 Å². The number of amides is 1. The van der Waals surface area contributed by atoms with Crippen molar-refractivity contribution in [2.45, 2.75) is 25.6 Å². The Kier molecular flexibility index (Phi) is 5.77. The number of piperidine rings is 1. The van der Waals surface area contributed by atoms with Crippen molar-refractivity contribution in [3.63, 3.8) is 0 Å². The van der Waals surface area contributed by atoms with E-state index >= 15 is 0 Å². The molecule has 2 aromatic rings. The zero-order chi connectivity index (χ0) is 16.9. The Hall–Kier alpha value is -1.55. The van der Waals surface area contributed by atoms with E-state index in [0.29, 0.717) is 28.8 Å². The van der Waals surface area contributed by atoms with E-state index in [1.165, 1.54) is 0 Å². The van der Waals surface area contributed by atoms with Gasteiger partial charge in [0.15, 0.2) is 0 Å². The Bertz CT molecular complexity index is 706. The second-order valence-electron chi connectivity index (χ2n) is 5.94. The third kappa shape index (κ3) is 4.29. The number of carbonyl (C=O) groups is 1. The van der Waals surface area contributed by atoms with Gasteiger partial charge in [0, 0.05) is 18.1 Å². The summed E-state index contributed by atoms with van der Waals surface area (Å²) in [5.41, 5.74) is 1.63. The third-order valence-corrected chi connectivity index (χ3v) is 4.70. The molecule has 0 N–H and O–H groups in total. The first-order valence-electron chi connectivity index (χ1n) is 8.03. The minimum absolute atomic E-state index is 0.0500. The normalized spacial score (nSPS) is 17.8. The molecule has 0 aromatic heterocycles. The van der Waals surface area contributed by atoms with Crippen molar-refractivity contribution in [1.82, 2.24) is 4.90 Å². The summed E-state index contributed by atoms with van der Waals surface area (Å²) in [7, 11) is 0. The molecule has 24 heavy (non-hydrogen) atoms. The Balaban J connectivity index is 1.61. The molecule has 1 saturated heterocycles. The largest absolute Gasteiger partial charge is 0.372 e. The van der Waals surface area contributed by atoms with Crippen LogP contribution in [-0.4, -0.2) is 30.0 Å². The fraction of sp³-hybridized carbons (Fsp3) is 0.316. The fourth-order valence-corrected chi connectivity index (χ4v) is 3.37. The molecular formula is C19H19Cl2NO2. The number of ether oxygens (including phenoxy) is 1. The van der Waals surface area contributed by atoms with Crippen LogP contribution >= 0.6 is 23.2 Å². The molecule has 1 aliphatic rings. The first kappa shape index (κ1) is 17.3. The van der Waals surface area contributed by atoms with Gasteiger partial charge in [0.1, 0.15) is 0 Å². The molecule has 0 bridgehead atoms. The van der Waals surface area contributed by atoms with E-state index in [9.17, 15) is 4.79 Å². The molecule has 2 aromatic carbocycles. The van der Waals surface area contributed by atoms with Crippen molar-refractivity contribution < 1.29 is 9.53 Å². The maximum Gasteiger partial charge on any atom is 0.255 e. The Morgan fingerprint density at radius 2 is 1.96 bits per heavy atom. The average Bonchev–Trinajstić information content (AvgIpc) is 2.61. The summed E-state index contributed by atoms with van der Waals surface area (Å²) in [5.74, 6) is -0.0651. The standard InChI is InChI=1S/C19H19Cl2NO2/c20-15-8-9-17(18(21)11-15)19(23)22-10-4-7-16(12-22)24-13-14-5-2-1-3-6-14/h1-3,5-6,8-9,11,16H,4,7,10,12-13H2. The lowest BCUT2D eigenvalue weighted by Gasteiger charge is -2.33. The van der Waals surface area contributed by atoms with Gasteiger partial charge in [0.25, 0.3) is 5.91 Å². The summed E-state index contributed by atoms with van der Waals surface area (Å²) in [6.45, 7) is 1.88. The molecule has 3 nitrogen and oxygen atoms in total. The monoisotopic (exact) mass is 363 g/mol. The summed E-state index contributed by atoms with van der Waals surface area (Å²) < 4.78 is 5.99. The lowest BCUT2D eigenvalue weighted by molar-refractivity contribution is -0.00672. The number of nitrogens with zero attached hydrogens (tertiary/aromatic N) is 1. The number of hydrogen-bond acceptors (Lipinski definition) is 2. The van der Waals surface area contributed by atoms with Gasteiger partial charge in [-0.25, -0.2) is 0 Å². The van der Waals surface area contributed by atoms with Crippen molar-refractivity contribution in [1.29, 1.82) is 0 Å². The Morgan fingerprint density at radius 3 is 2.71 bits per heavy atom.